The van der Waals surface area contributed by atoms with Crippen LogP contribution in [0.5, 0.6) is 0 Å². The van der Waals surface area contributed by atoms with Crippen molar-refractivity contribution in [1.82, 2.24) is 0 Å². The van der Waals surface area contributed by atoms with E-state index in [9.17, 15) is 4.79 Å². The van der Waals surface area contributed by atoms with Gasteiger partial charge in [0.05, 0.1) is 0 Å². The van der Waals surface area contributed by atoms with Gasteiger partial charge in [-0.05, 0) is 44.4 Å². The topological polar surface area (TPSA) is 29.1 Å². The second-order valence-electron chi connectivity index (χ2n) is 4.05. The van der Waals surface area contributed by atoms with E-state index >= 15 is 0 Å². The summed E-state index contributed by atoms with van der Waals surface area (Å²) in [7, 11) is 0. The Balaban J connectivity index is 2.43. The quantitative estimate of drug-likeness (QED) is 0.748. The van der Waals surface area contributed by atoms with Crippen molar-refractivity contribution in [2.24, 2.45) is 0 Å². The van der Waals surface area contributed by atoms with Gasteiger partial charge in [0, 0.05) is 18.7 Å². The third-order valence-electron chi connectivity index (χ3n) is 2.41. The van der Waals surface area contributed by atoms with Gasteiger partial charge in [-0.25, -0.2) is 0 Å². The number of benzene rings is 1. The number of carbonyl (C=O) groups is 1. The second kappa shape index (κ2) is 5.54. The molecule has 15 heavy (non-hydrogen) atoms. The van der Waals surface area contributed by atoms with Crippen LogP contribution in [0.3, 0.4) is 0 Å². The van der Waals surface area contributed by atoms with Crippen LogP contribution in [0.25, 0.3) is 0 Å². The summed E-state index contributed by atoms with van der Waals surface area (Å²) in [5, 5.41) is 3.36. The van der Waals surface area contributed by atoms with Crippen LogP contribution in [0.2, 0.25) is 0 Å². The van der Waals surface area contributed by atoms with E-state index in [0.29, 0.717) is 6.42 Å². The normalized spacial score (nSPS) is 10.1. The number of aryl methyl sites for hydroxylation is 2. The standard InChI is InChI=1S/C13H19NO/c1-10-6-7-11(2)13(9-10)14-8-4-5-12(3)15/h6-7,9,14H,4-5,8H2,1-3H3. The molecule has 0 fully saturated rings. The first-order valence-corrected chi connectivity index (χ1v) is 5.40. The first-order chi connectivity index (χ1) is 7.09. The number of rotatable bonds is 5. The van der Waals surface area contributed by atoms with E-state index in [4.69, 9.17) is 0 Å². The molecule has 1 aromatic rings. The van der Waals surface area contributed by atoms with Crippen molar-refractivity contribution in [3.05, 3.63) is 29.3 Å². The first kappa shape index (κ1) is 11.8. The highest BCUT2D eigenvalue weighted by atomic mass is 16.1. The number of carbonyl (C=O) groups excluding carboxylic acids is 1. The zero-order chi connectivity index (χ0) is 11.3. The number of ketones is 1. The predicted octanol–water partition coefficient (Wildman–Crippen LogP) is 3.08. The van der Waals surface area contributed by atoms with E-state index in [2.05, 4.69) is 37.4 Å². The highest BCUT2D eigenvalue weighted by molar-refractivity contribution is 5.75. The lowest BCUT2D eigenvalue weighted by Gasteiger charge is -2.09. The molecule has 0 aliphatic rings. The van der Waals surface area contributed by atoms with Crippen molar-refractivity contribution >= 4 is 11.5 Å². The third-order valence-corrected chi connectivity index (χ3v) is 2.41. The maximum absolute atomic E-state index is 10.7. The largest absolute Gasteiger partial charge is 0.385 e. The Hall–Kier alpha value is -1.31. The molecule has 1 rings (SSSR count). The van der Waals surface area contributed by atoms with Crippen LogP contribution in [0.1, 0.15) is 30.9 Å². The molecule has 0 aromatic heterocycles. The molecule has 2 nitrogen and oxygen atoms in total. The van der Waals surface area contributed by atoms with Gasteiger partial charge < -0.3 is 10.1 Å². The van der Waals surface area contributed by atoms with Crippen LogP contribution in [0.4, 0.5) is 5.69 Å². The Morgan fingerprint density at radius 2 is 2.07 bits per heavy atom. The summed E-state index contributed by atoms with van der Waals surface area (Å²) in [6.45, 7) is 6.68. The van der Waals surface area contributed by atoms with Crippen LogP contribution < -0.4 is 5.32 Å². The molecule has 0 spiro atoms. The van der Waals surface area contributed by atoms with E-state index in [1.165, 1.54) is 16.8 Å². The molecule has 1 N–H and O–H groups in total. The molecule has 0 aliphatic heterocycles. The summed E-state index contributed by atoms with van der Waals surface area (Å²) in [6, 6.07) is 6.36. The minimum Gasteiger partial charge on any atom is -0.385 e. The van der Waals surface area contributed by atoms with Gasteiger partial charge in [0.1, 0.15) is 5.78 Å². The van der Waals surface area contributed by atoms with Crippen molar-refractivity contribution < 1.29 is 4.79 Å². The lowest BCUT2D eigenvalue weighted by atomic mass is 10.1. The number of anilines is 1. The summed E-state index contributed by atoms with van der Waals surface area (Å²) in [5.74, 6) is 0.262. The molecule has 0 atom stereocenters. The SMILES string of the molecule is CC(=O)CCCNc1cc(C)ccc1C. The van der Waals surface area contributed by atoms with Crippen LogP contribution >= 0.6 is 0 Å². The van der Waals surface area contributed by atoms with Gasteiger partial charge in [-0.1, -0.05) is 12.1 Å². The highest BCUT2D eigenvalue weighted by Crippen LogP contribution is 2.16. The fraction of sp³-hybridized carbons (Fsp3) is 0.462. The van der Waals surface area contributed by atoms with Crippen LogP contribution in [0, 0.1) is 13.8 Å². The summed E-state index contributed by atoms with van der Waals surface area (Å²) in [4.78, 5) is 10.7. The summed E-state index contributed by atoms with van der Waals surface area (Å²) in [6.07, 6.45) is 1.57. The van der Waals surface area contributed by atoms with Crippen molar-refractivity contribution in [3.63, 3.8) is 0 Å². The summed E-state index contributed by atoms with van der Waals surface area (Å²) < 4.78 is 0. The minimum absolute atomic E-state index is 0.262. The van der Waals surface area contributed by atoms with E-state index < -0.39 is 0 Å². The molecule has 82 valence electrons. The first-order valence-electron chi connectivity index (χ1n) is 5.40. The van der Waals surface area contributed by atoms with E-state index in [0.717, 1.165) is 13.0 Å². The molecule has 0 amide bonds. The number of hydrogen-bond acceptors (Lipinski definition) is 2. The van der Waals surface area contributed by atoms with Gasteiger partial charge in [-0.3, -0.25) is 0 Å². The fourth-order valence-corrected chi connectivity index (χ4v) is 1.49. The van der Waals surface area contributed by atoms with Crippen LogP contribution in [-0.4, -0.2) is 12.3 Å². The van der Waals surface area contributed by atoms with E-state index in [1.807, 2.05) is 0 Å². The lowest BCUT2D eigenvalue weighted by molar-refractivity contribution is -0.117. The molecule has 0 unspecified atom stereocenters. The number of Topliss-reactive ketones (excluding diaryl/α,β-unsaturated/α-hetero) is 1. The van der Waals surface area contributed by atoms with Crippen molar-refractivity contribution in [2.45, 2.75) is 33.6 Å². The molecule has 0 saturated heterocycles. The smallest absolute Gasteiger partial charge is 0.129 e. The fourth-order valence-electron chi connectivity index (χ4n) is 1.49. The predicted molar refractivity (Wildman–Crippen MR) is 64.3 cm³/mol. The zero-order valence-electron chi connectivity index (χ0n) is 9.76. The average Bonchev–Trinajstić information content (AvgIpc) is 2.17. The molecular formula is C13H19NO. The Morgan fingerprint density at radius 3 is 2.73 bits per heavy atom. The molecule has 1 aromatic carbocycles. The molecule has 0 aliphatic carbocycles. The minimum atomic E-state index is 0.262. The Bertz CT molecular complexity index is 344. The molecular weight excluding hydrogens is 186 g/mol. The van der Waals surface area contributed by atoms with Gasteiger partial charge >= 0.3 is 0 Å². The van der Waals surface area contributed by atoms with Gasteiger partial charge in [0.25, 0.3) is 0 Å². The van der Waals surface area contributed by atoms with Crippen molar-refractivity contribution in [3.8, 4) is 0 Å². The maximum atomic E-state index is 10.7. The maximum Gasteiger partial charge on any atom is 0.129 e. The highest BCUT2D eigenvalue weighted by Gasteiger charge is 1.98. The van der Waals surface area contributed by atoms with E-state index in [1.54, 1.807) is 6.92 Å². The van der Waals surface area contributed by atoms with Gasteiger partial charge in [-0.2, -0.15) is 0 Å². The third kappa shape index (κ3) is 4.15. The van der Waals surface area contributed by atoms with Crippen molar-refractivity contribution in [2.75, 3.05) is 11.9 Å². The molecule has 2 heteroatoms. The zero-order valence-corrected chi connectivity index (χ0v) is 9.76. The molecule has 0 bridgehead atoms. The lowest BCUT2D eigenvalue weighted by Crippen LogP contribution is -2.05. The summed E-state index contributed by atoms with van der Waals surface area (Å²) in [5.41, 5.74) is 3.69. The van der Waals surface area contributed by atoms with Gasteiger partial charge in [-0.15, -0.1) is 0 Å². The average molecular weight is 205 g/mol. The Labute approximate surface area is 91.7 Å². The molecule has 0 heterocycles. The summed E-state index contributed by atoms with van der Waals surface area (Å²) >= 11 is 0. The van der Waals surface area contributed by atoms with Gasteiger partial charge in [0.15, 0.2) is 0 Å². The Morgan fingerprint density at radius 1 is 1.33 bits per heavy atom. The number of hydrogen-bond donors (Lipinski definition) is 1. The van der Waals surface area contributed by atoms with Gasteiger partial charge in [0.2, 0.25) is 0 Å². The van der Waals surface area contributed by atoms with Crippen LogP contribution in [-0.2, 0) is 4.79 Å². The van der Waals surface area contributed by atoms with Crippen molar-refractivity contribution in [1.29, 1.82) is 0 Å². The Kier molecular flexibility index (Phi) is 4.35. The number of nitrogens with one attached hydrogen (secondary N) is 1. The monoisotopic (exact) mass is 205 g/mol. The van der Waals surface area contributed by atoms with E-state index in [-0.39, 0.29) is 5.78 Å². The molecule has 0 saturated carbocycles. The second-order valence-corrected chi connectivity index (χ2v) is 4.05. The van der Waals surface area contributed by atoms with Crippen LogP contribution in [0.15, 0.2) is 18.2 Å². The molecule has 0 radical (unpaired) electrons.